The van der Waals surface area contributed by atoms with Gasteiger partial charge in [-0.15, -0.1) is 0 Å². The topological polar surface area (TPSA) is 50.5 Å². The van der Waals surface area contributed by atoms with E-state index in [2.05, 4.69) is 4.98 Å². The van der Waals surface area contributed by atoms with Crippen LogP contribution < -0.4 is 4.74 Å². The highest BCUT2D eigenvalue weighted by Gasteiger charge is 2.15. The lowest BCUT2D eigenvalue weighted by molar-refractivity contribution is 0.118. The van der Waals surface area contributed by atoms with Crippen LogP contribution in [0.1, 0.15) is 5.82 Å². The van der Waals surface area contributed by atoms with Crippen LogP contribution in [0.3, 0.4) is 0 Å². The summed E-state index contributed by atoms with van der Waals surface area (Å²) in [5.41, 5.74) is 1.93. The van der Waals surface area contributed by atoms with Crippen molar-refractivity contribution < 1.29 is 9.84 Å². The molecule has 1 aromatic heterocycles. The Morgan fingerprint density at radius 2 is 1.79 bits per heavy atom. The van der Waals surface area contributed by atoms with E-state index < -0.39 is 6.10 Å². The number of para-hydroxylation sites is 3. The number of benzene rings is 2. The number of rotatable bonds is 7. The number of fused-ring (bicyclic) bond motifs is 1. The Labute approximate surface area is 142 Å². The number of aliphatic hydroxyl groups is 1. The highest BCUT2D eigenvalue weighted by Crippen LogP contribution is 2.19. The van der Waals surface area contributed by atoms with E-state index in [4.69, 9.17) is 4.74 Å². The molecule has 0 amide bonds. The van der Waals surface area contributed by atoms with Crippen molar-refractivity contribution in [1.82, 2.24) is 14.5 Å². The summed E-state index contributed by atoms with van der Waals surface area (Å²) in [6, 6.07) is 17.7. The Morgan fingerprint density at radius 3 is 2.54 bits per heavy atom. The van der Waals surface area contributed by atoms with Gasteiger partial charge in [-0.2, -0.15) is 0 Å². The van der Waals surface area contributed by atoms with Gasteiger partial charge in [-0.3, -0.25) is 0 Å². The molecule has 0 aliphatic carbocycles. The van der Waals surface area contributed by atoms with Gasteiger partial charge in [-0.1, -0.05) is 30.3 Å². The SMILES string of the molecule is CN(C)CC(O)Cn1c(COc2ccccc2)nc2ccccc21. The summed E-state index contributed by atoms with van der Waals surface area (Å²) < 4.78 is 7.90. The smallest absolute Gasteiger partial charge is 0.148 e. The molecular weight excluding hydrogens is 302 g/mol. The molecule has 0 saturated heterocycles. The Morgan fingerprint density at radius 1 is 1.08 bits per heavy atom. The van der Waals surface area contributed by atoms with Crippen LogP contribution in [0.25, 0.3) is 11.0 Å². The average Bonchev–Trinajstić information content (AvgIpc) is 2.91. The van der Waals surface area contributed by atoms with Gasteiger partial charge in [0.15, 0.2) is 0 Å². The monoisotopic (exact) mass is 325 g/mol. The fourth-order valence-electron chi connectivity index (χ4n) is 2.79. The zero-order valence-corrected chi connectivity index (χ0v) is 14.1. The van der Waals surface area contributed by atoms with Crippen LogP contribution in [0.4, 0.5) is 0 Å². The molecule has 0 aliphatic rings. The second-order valence-corrected chi connectivity index (χ2v) is 6.15. The van der Waals surface area contributed by atoms with Gasteiger partial charge < -0.3 is 19.3 Å². The predicted molar refractivity (Wildman–Crippen MR) is 95.1 cm³/mol. The number of hydrogen-bond acceptors (Lipinski definition) is 4. The Balaban J connectivity index is 1.84. The Bertz CT molecular complexity index is 784. The van der Waals surface area contributed by atoms with Crippen LogP contribution in [0.15, 0.2) is 54.6 Å². The molecule has 0 aliphatic heterocycles. The summed E-state index contributed by atoms with van der Waals surface area (Å²) in [4.78, 5) is 6.65. The first-order valence-corrected chi connectivity index (χ1v) is 8.08. The standard InChI is InChI=1S/C19H23N3O2/c1-21(2)12-15(23)13-22-18-11-7-6-10-17(18)20-19(22)14-24-16-8-4-3-5-9-16/h3-11,15,23H,12-14H2,1-2H3. The molecule has 1 atom stereocenters. The molecule has 24 heavy (non-hydrogen) atoms. The van der Waals surface area contributed by atoms with E-state index in [1.807, 2.05) is 78.2 Å². The molecule has 0 radical (unpaired) electrons. The summed E-state index contributed by atoms with van der Waals surface area (Å²) in [5, 5.41) is 10.3. The molecule has 1 heterocycles. The van der Waals surface area contributed by atoms with Gasteiger partial charge in [0.25, 0.3) is 0 Å². The van der Waals surface area contributed by atoms with Gasteiger partial charge in [0.1, 0.15) is 18.2 Å². The summed E-state index contributed by atoms with van der Waals surface area (Å²) >= 11 is 0. The van der Waals surface area contributed by atoms with Crippen molar-refractivity contribution in [2.24, 2.45) is 0 Å². The summed E-state index contributed by atoms with van der Waals surface area (Å²) in [7, 11) is 3.91. The highest BCUT2D eigenvalue weighted by atomic mass is 16.5. The molecule has 0 spiro atoms. The number of likely N-dealkylation sites (N-methyl/N-ethyl adjacent to an activating group) is 1. The highest BCUT2D eigenvalue weighted by molar-refractivity contribution is 5.75. The fourth-order valence-corrected chi connectivity index (χ4v) is 2.79. The first kappa shape index (κ1) is 16.5. The van der Waals surface area contributed by atoms with E-state index in [0.29, 0.717) is 19.7 Å². The molecule has 3 aromatic rings. The molecule has 5 heteroatoms. The Kier molecular flexibility index (Phi) is 5.13. The minimum Gasteiger partial charge on any atom is -0.486 e. The van der Waals surface area contributed by atoms with Gasteiger partial charge in [-0.25, -0.2) is 4.98 Å². The molecule has 5 nitrogen and oxygen atoms in total. The average molecular weight is 325 g/mol. The molecule has 2 aromatic carbocycles. The number of nitrogens with zero attached hydrogens (tertiary/aromatic N) is 3. The zero-order chi connectivity index (χ0) is 16.9. The summed E-state index contributed by atoms with van der Waals surface area (Å²) in [6.45, 7) is 1.46. The van der Waals surface area contributed by atoms with E-state index >= 15 is 0 Å². The van der Waals surface area contributed by atoms with Crippen LogP contribution in [-0.2, 0) is 13.2 Å². The predicted octanol–water partition coefficient (Wildman–Crippen LogP) is 2.54. The van der Waals surface area contributed by atoms with Gasteiger partial charge >= 0.3 is 0 Å². The van der Waals surface area contributed by atoms with Crippen molar-refractivity contribution >= 4 is 11.0 Å². The largest absolute Gasteiger partial charge is 0.486 e. The van der Waals surface area contributed by atoms with E-state index in [-0.39, 0.29) is 0 Å². The lowest BCUT2D eigenvalue weighted by Gasteiger charge is -2.18. The second-order valence-electron chi connectivity index (χ2n) is 6.15. The lowest BCUT2D eigenvalue weighted by atomic mass is 10.3. The van der Waals surface area contributed by atoms with Gasteiger partial charge in [0.05, 0.1) is 23.7 Å². The third kappa shape index (κ3) is 3.93. The van der Waals surface area contributed by atoms with Crippen molar-refractivity contribution in [3.05, 3.63) is 60.4 Å². The molecule has 0 fully saturated rings. The first-order valence-electron chi connectivity index (χ1n) is 8.08. The van der Waals surface area contributed by atoms with Crippen molar-refractivity contribution in [3.8, 4) is 5.75 Å². The number of ether oxygens (including phenoxy) is 1. The molecular formula is C19H23N3O2. The maximum atomic E-state index is 10.3. The van der Waals surface area contributed by atoms with Crippen LogP contribution in [0.2, 0.25) is 0 Å². The first-order chi connectivity index (χ1) is 11.6. The van der Waals surface area contributed by atoms with Gasteiger partial charge in [0.2, 0.25) is 0 Å². The fraction of sp³-hybridized carbons (Fsp3) is 0.316. The molecule has 0 saturated carbocycles. The number of hydrogen-bond donors (Lipinski definition) is 1. The van der Waals surface area contributed by atoms with Crippen LogP contribution in [0, 0.1) is 0 Å². The molecule has 0 bridgehead atoms. The minimum atomic E-state index is -0.465. The van der Waals surface area contributed by atoms with E-state index in [1.165, 1.54) is 0 Å². The van der Waals surface area contributed by atoms with Crippen molar-refractivity contribution in [2.75, 3.05) is 20.6 Å². The van der Waals surface area contributed by atoms with E-state index in [9.17, 15) is 5.11 Å². The molecule has 3 rings (SSSR count). The van der Waals surface area contributed by atoms with Crippen LogP contribution >= 0.6 is 0 Å². The van der Waals surface area contributed by atoms with Crippen molar-refractivity contribution in [3.63, 3.8) is 0 Å². The Hall–Kier alpha value is -2.37. The number of aliphatic hydroxyl groups excluding tert-OH is 1. The zero-order valence-electron chi connectivity index (χ0n) is 14.1. The maximum Gasteiger partial charge on any atom is 0.148 e. The van der Waals surface area contributed by atoms with Crippen molar-refractivity contribution in [2.45, 2.75) is 19.3 Å². The molecule has 1 unspecified atom stereocenters. The number of aromatic nitrogens is 2. The van der Waals surface area contributed by atoms with E-state index in [1.54, 1.807) is 0 Å². The summed E-state index contributed by atoms with van der Waals surface area (Å²) in [5.74, 6) is 1.63. The molecule has 1 N–H and O–H groups in total. The third-order valence-electron chi connectivity index (χ3n) is 3.81. The van der Waals surface area contributed by atoms with Crippen LogP contribution in [0.5, 0.6) is 5.75 Å². The molecule has 126 valence electrons. The second kappa shape index (κ2) is 7.47. The maximum absolute atomic E-state index is 10.3. The quantitative estimate of drug-likeness (QED) is 0.725. The van der Waals surface area contributed by atoms with Crippen molar-refractivity contribution in [1.29, 1.82) is 0 Å². The lowest BCUT2D eigenvalue weighted by Crippen LogP contribution is -2.30. The third-order valence-corrected chi connectivity index (χ3v) is 3.81. The van der Waals surface area contributed by atoms with Gasteiger partial charge in [-0.05, 0) is 38.4 Å². The normalized spacial score (nSPS) is 12.7. The number of imidazole rings is 1. The minimum absolute atomic E-state index is 0.368. The summed E-state index contributed by atoms with van der Waals surface area (Å²) in [6.07, 6.45) is -0.465. The van der Waals surface area contributed by atoms with E-state index in [0.717, 1.165) is 22.6 Å². The van der Waals surface area contributed by atoms with Gasteiger partial charge in [0, 0.05) is 6.54 Å². The van der Waals surface area contributed by atoms with Crippen LogP contribution in [-0.4, -0.2) is 46.3 Å².